The van der Waals surface area contributed by atoms with Crippen LogP contribution in [0.15, 0.2) is 22.5 Å². The maximum absolute atomic E-state index is 13.4. The maximum Gasteiger partial charge on any atom is 0.336 e. The molecule has 0 aromatic heterocycles. The molecular formula is C27H45NO4. The van der Waals surface area contributed by atoms with Gasteiger partial charge in [0.05, 0.1) is 24.4 Å². The van der Waals surface area contributed by atoms with Gasteiger partial charge in [-0.1, -0.05) is 59.8 Å². The van der Waals surface area contributed by atoms with E-state index >= 15 is 0 Å². The van der Waals surface area contributed by atoms with Crippen molar-refractivity contribution in [2.24, 2.45) is 11.8 Å². The number of hydrogen-bond acceptors (Lipinski definition) is 5. The predicted molar refractivity (Wildman–Crippen MR) is 129 cm³/mol. The van der Waals surface area contributed by atoms with Gasteiger partial charge in [0, 0.05) is 17.3 Å². The average Bonchev–Trinajstić information content (AvgIpc) is 2.82. The molecule has 182 valence electrons. The second-order valence-corrected chi connectivity index (χ2v) is 9.26. The van der Waals surface area contributed by atoms with Gasteiger partial charge in [-0.05, 0) is 57.3 Å². The van der Waals surface area contributed by atoms with E-state index in [0.29, 0.717) is 24.4 Å². The minimum absolute atomic E-state index is 0.219. The first-order valence-electron chi connectivity index (χ1n) is 13.2. The number of carbonyl (C=O) groups is 2. The molecule has 32 heavy (non-hydrogen) atoms. The molecule has 0 bridgehead atoms. The lowest BCUT2D eigenvalue weighted by molar-refractivity contribution is -0.141. The Morgan fingerprint density at radius 2 is 1.22 bits per heavy atom. The third-order valence-electron chi connectivity index (χ3n) is 6.57. The topological polar surface area (TPSA) is 64.6 Å². The molecule has 1 N–H and O–H groups in total. The molecule has 0 atom stereocenters. The Hall–Kier alpha value is -1.78. The second-order valence-electron chi connectivity index (χ2n) is 9.26. The Balaban J connectivity index is 2.57. The highest BCUT2D eigenvalue weighted by Crippen LogP contribution is 2.44. The van der Waals surface area contributed by atoms with Gasteiger partial charge in [0.2, 0.25) is 0 Å². The first-order chi connectivity index (χ1) is 15.6. The fraction of sp³-hybridized carbons (Fsp3) is 0.778. The van der Waals surface area contributed by atoms with Crippen molar-refractivity contribution in [3.8, 4) is 0 Å². The zero-order chi connectivity index (χ0) is 23.3. The third-order valence-corrected chi connectivity index (χ3v) is 6.57. The van der Waals surface area contributed by atoms with E-state index in [1.807, 2.05) is 13.8 Å². The molecule has 1 heterocycles. The number of ether oxygens (including phenoxy) is 2. The monoisotopic (exact) mass is 447 g/mol. The predicted octanol–water partition coefficient (Wildman–Crippen LogP) is 6.58. The van der Waals surface area contributed by atoms with Crippen LogP contribution in [0.2, 0.25) is 0 Å². The van der Waals surface area contributed by atoms with Crippen LogP contribution in [0.4, 0.5) is 0 Å². The minimum atomic E-state index is -0.253. The molecule has 0 amide bonds. The molecule has 2 aliphatic rings. The number of hydrogen-bond donors (Lipinski definition) is 1. The first-order valence-corrected chi connectivity index (χ1v) is 13.2. The normalized spacial score (nSPS) is 18.0. The van der Waals surface area contributed by atoms with Gasteiger partial charge in [-0.15, -0.1) is 0 Å². The van der Waals surface area contributed by atoms with Crippen LogP contribution >= 0.6 is 0 Å². The largest absolute Gasteiger partial charge is 0.462 e. The van der Waals surface area contributed by atoms with Crippen LogP contribution in [-0.4, -0.2) is 25.2 Å². The molecule has 5 nitrogen and oxygen atoms in total. The molecule has 0 spiro atoms. The fourth-order valence-corrected chi connectivity index (χ4v) is 4.92. The molecule has 1 saturated carbocycles. The number of rotatable bonds is 13. The standard InChI is InChI=1S/C27H45NO4/c1-5-9-16-21-24(26(29)31-18-7-3)23(20-14-12-11-13-15-20)25(27(30)32-19-8-4)22(28-21)17-10-6-2/h20,23,28H,5-19H2,1-4H3. The Bertz CT molecular complexity index is 625. The molecular weight excluding hydrogens is 402 g/mol. The Kier molecular flexibility index (Phi) is 11.9. The summed E-state index contributed by atoms with van der Waals surface area (Å²) >= 11 is 0. The smallest absolute Gasteiger partial charge is 0.336 e. The van der Waals surface area contributed by atoms with Crippen molar-refractivity contribution in [1.29, 1.82) is 0 Å². The highest BCUT2D eigenvalue weighted by atomic mass is 16.5. The van der Waals surface area contributed by atoms with Crippen LogP contribution in [0.3, 0.4) is 0 Å². The van der Waals surface area contributed by atoms with E-state index in [1.54, 1.807) is 0 Å². The van der Waals surface area contributed by atoms with Gasteiger partial charge < -0.3 is 14.8 Å². The summed E-state index contributed by atoms with van der Waals surface area (Å²) < 4.78 is 11.4. The van der Waals surface area contributed by atoms with E-state index in [9.17, 15) is 9.59 Å². The molecule has 0 aromatic carbocycles. The molecule has 5 heteroatoms. The quantitative estimate of drug-likeness (QED) is 0.323. The summed E-state index contributed by atoms with van der Waals surface area (Å²) in [4.78, 5) is 26.8. The van der Waals surface area contributed by atoms with Crippen molar-refractivity contribution < 1.29 is 19.1 Å². The fourth-order valence-electron chi connectivity index (χ4n) is 4.92. The molecule has 1 aliphatic carbocycles. The summed E-state index contributed by atoms with van der Waals surface area (Å²) in [5, 5.41) is 3.56. The number of carbonyl (C=O) groups excluding carboxylic acids is 2. The van der Waals surface area contributed by atoms with Crippen molar-refractivity contribution in [3.05, 3.63) is 22.5 Å². The lowest BCUT2D eigenvalue weighted by Gasteiger charge is -2.38. The SMILES string of the molecule is CCCCC1=C(C(=O)OCCC)C(C2CCCCC2)C(C(=O)OCCC)=C(CCCC)N1. The van der Waals surface area contributed by atoms with E-state index < -0.39 is 0 Å². The van der Waals surface area contributed by atoms with Gasteiger partial charge in [-0.25, -0.2) is 9.59 Å². The van der Waals surface area contributed by atoms with Crippen LogP contribution < -0.4 is 5.32 Å². The van der Waals surface area contributed by atoms with Gasteiger partial charge in [0.15, 0.2) is 0 Å². The summed E-state index contributed by atoms with van der Waals surface area (Å²) in [6.45, 7) is 9.16. The van der Waals surface area contributed by atoms with E-state index in [2.05, 4.69) is 19.2 Å². The molecule has 0 unspecified atom stereocenters. The van der Waals surface area contributed by atoms with Crippen LogP contribution in [0.5, 0.6) is 0 Å². The Labute approximate surface area is 195 Å². The zero-order valence-corrected chi connectivity index (χ0v) is 20.9. The zero-order valence-electron chi connectivity index (χ0n) is 20.9. The molecule has 2 rings (SSSR count). The lowest BCUT2D eigenvalue weighted by atomic mass is 9.70. The molecule has 0 saturated heterocycles. The van der Waals surface area contributed by atoms with Gasteiger partial charge in [-0.3, -0.25) is 0 Å². The van der Waals surface area contributed by atoms with Crippen molar-refractivity contribution in [1.82, 2.24) is 5.32 Å². The summed E-state index contributed by atoms with van der Waals surface area (Å²) in [7, 11) is 0. The van der Waals surface area contributed by atoms with Crippen molar-refractivity contribution >= 4 is 11.9 Å². The molecule has 0 aromatic rings. The van der Waals surface area contributed by atoms with Crippen LogP contribution in [0, 0.1) is 11.8 Å². The van der Waals surface area contributed by atoms with E-state index in [1.165, 1.54) is 6.42 Å². The minimum Gasteiger partial charge on any atom is -0.462 e. The van der Waals surface area contributed by atoms with Gasteiger partial charge >= 0.3 is 11.9 Å². The number of dihydropyridines is 1. The van der Waals surface area contributed by atoms with Gasteiger partial charge in [0.25, 0.3) is 0 Å². The number of unbranched alkanes of at least 4 members (excludes halogenated alkanes) is 2. The number of esters is 2. The summed E-state index contributed by atoms with van der Waals surface area (Å²) in [5.74, 6) is -0.441. The summed E-state index contributed by atoms with van der Waals surface area (Å²) in [6, 6.07) is 0. The van der Waals surface area contributed by atoms with Gasteiger partial charge in [0.1, 0.15) is 0 Å². The highest BCUT2D eigenvalue weighted by molar-refractivity contribution is 5.98. The summed E-state index contributed by atoms with van der Waals surface area (Å²) in [6.07, 6.45) is 12.9. The molecule has 1 aliphatic heterocycles. The molecule has 0 radical (unpaired) electrons. The van der Waals surface area contributed by atoms with Crippen LogP contribution in [0.25, 0.3) is 0 Å². The van der Waals surface area contributed by atoms with Crippen molar-refractivity contribution in [2.75, 3.05) is 13.2 Å². The summed E-state index contributed by atoms with van der Waals surface area (Å²) in [5.41, 5.74) is 3.34. The third kappa shape index (κ3) is 7.11. The highest BCUT2D eigenvalue weighted by Gasteiger charge is 2.42. The Morgan fingerprint density at radius 3 is 1.62 bits per heavy atom. The van der Waals surface area contributed by atoms with Crippen LogP contribution in [0.1, 0.15) is 111 Å². The number of nitrogens with one attached hydrogen (secondary N) is 1. The van der Waals surface area contributed by atoms with E-state index in [0.717, 1.165) is 88.4 Å². The maximum atomic E-state index is 13.4. The van der Waals surface area contributed by atoms with Crippen molar-refractivity contribution in [2.45, 2.75) is 111 Å². The van der Waals surface area contributed by atoms with E-state index in [4.69, 9.17) is 9.47 Å². The van der Waals surface area contributed by atoms with E-state index in [-0.39, 0.29) is 23.8 Å². The lowest BCUT2D eigenvalue weighted by Crippen LogP contribution is -2.39. The second kappa shape index (κ2) is 14.4. The van der Waals surface area contributed by atoms with Crippen molar-refractivity contribution in [3.63, 3.8) is 0 Å². The average molecular weight is 448 g/mol. The first kappa shape index (κ1) is 26.5. The Morgan fingerprint density at radius 1 is 0.750 bits per heavy atom. The van der Waals surface area contributed by atoms with Crippen LogP contribution in [-0.2, 0) is 19.1 Å². The molecule has 1 fully saturated rings. The number of allylic oxidation sites excluding steroid dienone is 2. The van der Waals surface area contributed by atoms with Gasteiger partial charge in [-0.2, -0.15) is 0 Å².